The predicted octanol–water partition coefficient (Wildman–Crippen LogP) is 6.06. The third-order valence-electron chi connectivity index (χ3n) is 5.28. The fraction of sp³-hybridized carbons (Fsp3) is 0.240. The van der Waals surface area contributed by atoms with Crippen LogP contribution >= 0.6 is 15.9 Å². The van der Waals surface area contributed by atoms with Gasteiger partial charge in [0.05, 0.1) is 22.8 Å². The summed E-state index contributed by atoms with van der Waals surface area (Å²) in [5.74, 6) is 0. The number of halogens is 1. The van der Waals surface area contributed by atoms with Crippen LogP contribution in [0, 0.1) is 0 Å². The van der Waals surface area contributed by atoms with E-state index in [1.165, 1.54) is 16.8 Å². The van der Waals surface area contributed by atoms with Crippen molar-refractivity contribution >= 4 is 21.6 Å². The molecule has 5 heteroatoms. The molecular formula is C25H25BrN4. The maximum atomic E-state index is 4.51. The molecule has 0 N–H and O–H groups in total. The van der Waals surface area contributed by atoms with E-state index in [2.05, 4.69) is 73.2 Å². The zero-order valence-electron chi connectivity index (χ0n) is 17.1. The van der Waals surface area contributed by atoms with Crippen molar-refractivity contribution in [2.24, 2.45) is 0 Å². The molecule has 4 nitrogen and oxygen atoms in total. The summed E-state index contributed by atoms with van der Waals surface area (Å²) in [5, 5.41) is 0. The standard InChI is InChI=1S/C25H25BrN4/c1-30-16-12-19(17-25(30)23-10-3-5-14-28-23)7-6-8-21(26)20-11-15-29-24(18-20)22-9-2-4-13-27-22/h2-5,9-15,17-18,21H,6-8,16H2,1H3. The van der Waals surface area contributed by atoms with E-state index in [4.69, 9.17) is 0 Å². The minimum Gasteiger partial charge on any atom is -0.369 e. The molecule has 1 aliphatic heterocycles. The summed E-state index contributed by atoms with van der Waals surface area (Å²) < 4.78 is 0. The van der Waals surface area contributed by atoms with E-state index >= 15 is 0 Å². The molecule has 4 rings (SSSR count). The number of aromatic nitrogens is 3. The molecule has 0 amide bonds. The van der Waals surface area contributed by atoms with Crippen molar-refractivity contribution in [2.45, 2.75) is 24.1 Å². The van der Waals surface area contributed by atoms with Crippen molar-refractivity contribution in [2.75, 3.05) is 13.6 Å². The summed E-state index contributed by atoms with van der Waals surface area (Å²) in [6, 6.07) is 16.2. The summed E-state index contributed by atoms with van der Waals surface area (Å²) in [6.45, 7) is 0.924. The fourth-order valence-corrected chi connectivity index (χ4v) is 4.21. The summed E-state index contributed by atoms with van der Waals surface area (Å²) in [5.41, 5.74) is 6.67. The van der Waals surface area contributed by atoms with Crippen LogP contribution < -0.4 is 0 Å². The van der Waals surface area contributed by atoms with Gasteiger partial charge in [0.15, 0.2) is 0 Å². The number of rotatable bonds is 7. The average molecular weight is 461 g/mol. The first-order chi connectivity index (χ1) is 14.7. The molecule has 0 bridgehead atoms. The Balaban J connectivity index is 1.37. The summed E-state index contributed by atoms with van der Waals surface area (Å²) in [6.07, 6.45) is 13.4. The van der Waals surface area contributed by atoms with E-state index < -0.39 is 0 Å². The van der Waals surface area contributed by atoms with E-state index in [-0.39, 0.29) is 0 Å². The normalized spacial score (nSPS) is 14.8. The van der Waals surface area contributed by atoms with Crippen LogP contribution in [-0.2, 0) is 0 Å². The van der Waals surface area contributed by atoms with Crippen LogP contribution in [0.2, 0.25) is 0 Å². The van der Waals surface area contributed by atoms with Gasteiger partial charge in [0.2, 0.25) is 0 Å². The number of allylic oxidation sites excluding steroid dienone is 2. The van der Waals surface area contributed by atoms with Crippen LogP contribution in [0.4, 0.5) is 0 Å². The Morgan fingerprint density at radius 2 is 1.67 bits per heavy atom. The van der Waals surface area contributed by atoms with E-state index in [0.717, 1.165) is 42.9 Å². The molecule has 0 radical (unpaired) electrons. The van der Waals surface area contributed by atoms with Crippen molar-refractivity contribution in [3.05, 3.63) is 96.1 Å². The van der Waals surface area contributed by atoms with Crippen LogP contribution in [0.25, 0.3) is 17.1 Å². The molecule has 1 aliphatic rings. The van der Waals surface area contributed by atoms with Gasteiger partial charge in [0.25, 0.3) is 0 Å². The molecule has 4 heterocycles. The Bertz CT molecular complexity index is 1030. The van der Waals surface area contributed by atoms with Gasteiger partial charge >= 0.3 is 0 Å². The monoisotopic (exact) mass is 460 g/mol. The molecule has 0 spiro atoms. The number of hydrogen-bond donors (Lipinski definition) is 0. The second-order valence-electron chi connectivity index (χ2n) is 7.45. The van der Waals surface area contributed by atoms with E-state index in [1.807, 2.05) is 42.7 Å². The predicted molar refractivity (Wildman–Crippen MR) is 126 cm³/mol. The minimum atomic E-state index is 0.300. The lowest BCUT2D eigenvalue weighted by molar-refractivity contribution is 0.524. The first-order valence-corrected chi connectivity index (χ1v) is 11.2. The van der Waals surface area contributed by atoms with Gasteiger partial charge in [-0.1, -0.05) is 34.1 Å². The molecule has 3 aromatic heterocycles. The van der Waals surface area contributed by atoms with E-state index in [0.29, 0.717) is 4.83 Å². The van der Waals surface area contributed by atoms with E-state index in [9.17, 15) is 0 Å². The second kappa shape index (κ2) is 9.81. The number of alkyl halides is 1. The van der Waals surface area contributed by atoms with Crippen molar-refractivity contribution in [1.29, 1.82) is 0 Å². The molecule has 0 saturated heterocycles. The third-order valence-corrected chi connectivity index (χ3v) is 6.27. The van der Waals surface area contributed by atoms with Gasteiger partial charge < -0.3 is 4.90 Å². The van der Waals surface area contributed by atoms with Gasteiger partial charge in [-0.3, -0.25) is 15.0 Å². The number of nitrogens with zero attached hydrogens (tertiary/aromatic N) is 4. The van der Waals surface area contributed by atoms with Crippen LogP contribution in [0.3, 0.4) is 0 Å². The van der Waals surface area contributed by atoms with Gasteiger partial charge in [-0.2, -0.15) is 0 Å². The van der Waals surface area contributed by atoms with Gasteiger partial charge in [-0.05, 0) is 72.9 Å². The van der Waals surface area contributed by atoms with E-state index in [1.54, 1.807) is 6.20 Å². The zero-order chi connectivity index (χ0) is 20.8. The lowest BCUT2D eigenvalue weighted by atomic mass is 10.00. The second-order valence-corrected chi connectivity index (χ2v) is 8.56. The minimum absolute atomic E-state index is 0.300. The highest BCUT2D eigenvalue weighted by molar-refractivity contribution is 9.09. The Hall–Kier alpha value is -2.79. The van der Waals surface area contributed by atoms with Crippen LogP contribution in [0.15, 0.2) is 84.8 Å². The number of likely N-dealkylation sites (N-methyl/N-ethyl adjacent to an activating group) is 1. The average Bonchev–Trinajstić information content (AvgIpc) is 2.81. The van der Waals surface area contributed by atoms with Crippen molar-refractivity contribution in [3.63, 3.8) is 0 Å². The Labute approximate surface area is 186 Å². The summed E-state index contributed by atoms with van der Waals surface area (Å²) >= 11 is 3.87. The number of pyridine rings is 3. The molecule has 0 aliphatic carbocycles. The Morgan fingerprint density at radius 1 is 0.933 bits per heavy atom. The zero-order valence-corrected chi connectivity index (χ0v) is 18.7. The molecule has 30 heavy (non-hydrogen) atoms. The van der Waals surface area contributed by atoms with Crippen LogP contribution in [0.5, 0.6) is 0 Å². The van der Waals surface area contributed by atoms with Gasteiger partial charge in [-0.15, -0.1) is 0 Å². The Morgan fingerprint density at radius 3 is 2.40 bits per heavy atom. The highest BCUT2D eigenvalue weighted by Gasteiger charge is 2.14. The highest BCUT2D eigenvalue weighted by atomic mass is 79.9. The highest BCUT2D eigenvalue weighted by Crippen LogP contribution is 2.32. The summed E-state index contributed by atoms with van der Waals surface area (Å²) in [7, 11) is 2.12. The summed E-state index contributed by atoms with van der Waals surface area (Å²) in [4.78, 5) is 15.9. The van der Waals surface area contributed by atoms with Crippen molar-refractivity contribution in [1.82, 2.24) is 19.9 Å². The Kier molecular flexibility index (Phi) is 6.70. The largest absolute Gasteiger partial charge is 0.369 e. The lowest BCUT2D eigenvalue weighted by Crippen LogP contribution is -2.20. The van der Waals surface area contributed by atoms with Crippen LogP contribution in [-0.4, -0.2) is 33.4 Å². The molecule has 1 atom stereocenters. The van der Waals surface area contributed by atoms with Crippen LogP contribution in [0.1, 0.15) is 35.3 Å². The molecule has 1 unspecified atom stereocenters. The number of hydrogen-bond acceptors (Lipinski definition) is 4. The first kappa shape index (κ1) is 20.5. The maximum Gasteiger partial charge on any atom is 0.0889 e. The molecule has 0 aromatic carbocycles. The SMILES string of the molecule is CN1CC=C(CCCC(Br)c2ccnc(-c3ccccn3)c2)C=C1c1ccccn1. The molecule has 0 saturated carbocycles. The molecule has 152 valence electrons. The molecular weight excluding hydrogens is 436 g/mol. The molecule has 0 fully saturated rings. The van der Waals surface area contributed by atoms with Gasteiger partial charge in [0, 0.05) is 37.0 Å². The topological polar surface area (TPSA) is 41.9 Å². The quantitative estimate of drug-likeness (QED) is 0.402. The van der Waals surface area contributed by atoms with Gasteiger partial charge in [0.1, 0.15) is 0 Å². The lowest BCUT2D eigenvalue weighted by Gasteiger charge is -2.25. The smallest absolute Gasteiger partial charge is 0.0889 e. The molecule has 3 aromatic rings. The maximum absolute atomic E-state index is 4.51. The van der Waals surface area contributed by atoms with Crippen molar-refractivity contribution in [3.8, 4) is 11.4 Å². The third kappa shape index (κ3) is 5.03. The van der Waals surface area contributed by atoms with Crippen molar-refractivity contribution < 1.29 is 0 Å². The first-order valence-electron chi connectivity index (χ1n) is 10.3. The fourth-order valence-electron chi connectivity index (χ4n) is 3.60. The van der Waals surface area contributed by atoms with Gasteiger partial charge in [-0.25, -0.2) is 0 Å².